The van der Waals surface area contributed by atoms with Gasteiger partial charge in [0.15, 0.2) is 0 Å². The molecule has 13 heavy (non-hydrogen) atoms. The van der Waals surface area contributed by atoms with Crippen LogP contribution in [-0.4, -0.2) is 13.3 Å². The fourth-order valence-corrected chi connectivity index (χ4v) is 1.36. The molecule has 80 valence electrons. The number of aldehydes is 1. The topological polar surface area (TPSA) is 43.1 Å². The van der Waals surface area contributed by atoms with E-state index in [9.17, 15) is 4.79 Å². The molecule has 0 atom stereocenters. The lowest BCUT2D eigenvalue weighted by molar-refractivity contribution is -0.107. The van der Waals surface area contributed by atoms with E-state index in [2.05, 4.69) is 19.6 Å². The van der Waals surface area contributed by atoms with Gasteiger partial charge in [0.2, 0.25) is 0 Å². The first kappa shape index (κ1) is 15.1. The Kier molecular flexibility index (Phi) is 16.5. The molecule has 0 rings (SSSR count). The minimum Gasteiger partial charge on any atom is -0.333 e. The minimum atomic E-state index is 0.750. The molecule has 0 spiro atoms. The number of unbranched alkanes of at least 4 members (excludes halogenated alkanes) is 2. The molecule has 0 aliphatic carbocycles. The summed E-state index contributed by atoms with van der Waals surface area (Å²) in [6.07, 6.45) is 7.97. The lowest BCUT2D eigenvalue weighted by Gasteiger charge is -2.10. The van der Waals surface area contributed by atoms with E-state index in [1.54, 1.807) is 0 Å². The van der Waals surface area contributed by atoms with Crippen LogP contribution < -0.4 is 5.73 Å². The highest BCUT2D eigenvalue weighted by Gasteiger charge is 2.01. The average Bonchev–Trinajstić information content (AvgIpc) is 2.21. The number of carbonyl (C=O) groups is 1. The van der Waals surface area contributed by atoms with E-state index in [0.29, 0.717) is 0 Å². The fourth-order valence-electron chi connectivity index (χ4n) is 1.36. The molecule has 0 aromatic heterocycles. The van der Waals surface area contributed by atoms with Crippen molar-refractivity contribution in [3.63, 3.8) is 0 Å². The molecule has 0 saturated carbocycles. The Morgan fingerprint density at radius 3 is 2.08 bits per heavy atom. The third-order valence-electron chi connectivity index (χ3n) is 2.34. The molecule has 0 radical (unpaired) electrons. The highest BCUT2D eigenvalue weighted by molar-refractivity contribution is 5.48. The van der Waals surface area contributed by atoms with Gasteiger partial charge in [-0.05, 0) is 19.4 Å². The van der Waals surface area contributed by atoms with Crippen molar-refractivity contribution in [3.8, 4) is 0 Å². The third-order valence-corrected chi connectivity index (χ3v) is 2.34. The van der Waals surface area contributed by atoms with Crippen molar-refractivity contribution in [2.24, 2.45) is 11.7 Å². The van der Waals surface area contributed by atoms with Crippen molar-refractivity contribution in [1.82, 2.24) is 0 Å². The van der Waals surface area contributed by atoms with Crippen molar-refractivity contribution in [2.45, 2.75) is 52.4 Å². The summed E-state index contributed by atoms with van der Waals surface area (Å²) < 4.78 is 0. The maximum Gasteiger partial charge on any atom is 0.119 e. The van der Waals surface area contributed by atoms with Crippen molar-refractivity contribution >= 4 is 6.29 Å². The van der Waals surface area contributed by atoms with Crippen molar-refractivity contribution < 1.29 is 4.79 Å². The summed E-state index contributed by atoms with van der Waals surface area (Å²) >= 11 is 0. The zero-order chi connectivity index (χ0) is 10.5. The Labute approximate surface area is 82.9 Å². The number of nitrogens with two attached hydrogens (primary N) is 1. The van der Waals surface area contributed by atoms with Crippen LogP contribution in [0.4, 0.5) is 0 Å². The lowest BCUT2D eigenvalue weighted by Crippen LogP contribution is -1.96. The molecular weight excluding hydrogens is 162 g/mol. The molecule has 2 heteroatoms. The average molecular weight is 187 g/mol. The molecule has 0 bridgehead atoms. The molecule has 0 aliphatic heterocycles. The highest BCUT2D eigenvalue weighted by atomic mass is 16.1. The smallest absolute Gasteiger partial charge is 0.119 e. The zero-order valence-corrected chi connectivity index (χ0v) is 9.38. The summed E-state index contributed by atoms with van der Waals surface area (Å²) in [6.45, 7) is 4.49. The van der Waals surface area contributed by atoms with Crippen LogP contribution in [-0.2, 0) is 4.79 Å². The van der Waals surface area contributed by atoms with Gasteiger partial charge in [0.1, 0.15) is 6.29 Å². The normalized spacial score (nSPS) is 9.31. The van der Waals surface area contributed by atoms with E-state index in [4.69, 9.17) is 0 Å². The van der Waals surface area contributed by atoms with Crippen LogP contribution >= 0.6 is 0 Å². The Balaban J connectivity index is 0. The van der Waals surface area contributed by atoms with Crippen LogP contribution in [0.2, 0.25) is 0 Å². The number of rotatable bonds is 7. The lowest BCUT2D eigenvalue weighted by atomic mass is 9.96. The summed E-state index contributed by atoms with van der Waals surface area (Å²) in [5.41, 5.74) is 4.50. The Bertz CT molecular complexity index is 90.1. The quantitative estimate of drug-likeness (QED) is 0.492. The molecule has 0 aromatic carbocycles. The van der Waals surface area contributed by atoms with Gasteiger partial charge in [-0.25, -0.2) is 0 Å². The Morgan fingerprint density at radius 2 is 1.69 bits per heavy atom. The van der Waals surface area contributed by atoms with Crippen LogP contribution in [0, 0.1) is 5.92 Å². The Hall–Kier alpha value is -0.370. The van der Waals surface area contributed by atoms with Gasteiger partial charge in [0, 0.05) is 6.42 Å². The molecule has 0 fully saturated rings. The molecule has 0 aliphatic rings. The summed E-state index contributed by atoms with van der Waals surface area (Å²) in [4.78, 5) is 9.99. The first-order valence-corrected chi connectivity index (χ1v) is 5.36. The summed E-state index contributed by atoms with van der Waals surface area (Å²) in [5, 5.41) is 0. The monoisotopic (exact) mass is 187 g/mol. The highest BCUT2D eigenvalue weighted by Crippen LogP contribution is 2.15. The van der Waals surface area contributed by atoms with Crippen molar-refractivity contribution in [3.05, 3.63) is 0 Å². The van der Waals surface area contributed by atoms with Crippen LogP contribution in [0.3, 0.4) is 0 Å². The van der Waals surface area contributed by atoms with Gasteiger partial charge in [-0.15, -0.1) is 0 Å². The maximum atomic E-state index is 9.99. The minimum absolute atomic E-state index is 0.750. The third kappa shape index (κ3) is 11.6. The molecule has 0 amide bonds. The van der Waals surface area contributed by atoms with Crippen LogP contribution in [0.1, 0.15) is 52.4 Å². The van der Waals surface area contributed by atoms with E-state index < -0.39 is 0 Å². The van der Waals surface area contributed by atoms with Gasteiger partial charge in [-0.2, -0.15) is 0 Å². The summed E-state index contributed by atoms with van der Waals surface area (Å²) in [5.74, 6) is 0.890. The largest absolute Gasteiger partial charge is 0.333 e. The molecule has 0 saturated heterocycles. The zero-order valence-electron chi connectivity index (χ0n) is 9.38. The number of hydrogen-bond acceptors (Lipinski definition) is 2. The van der Waals surface area contributed by atoms with E-state index in [0.717, 1.165) is 25.0 Å². The molecular formula is C11H25NO. The van der Waals surface area contributed by atoms with Crippen molar-refractivity contribution in [2.75, 3.05) is 7.05 Å². The van der Waals surface area contributed by atoms with Gasteiger partial charge in [0.25, 0.3) is 0 Å². The van der Waals surface area contributed by atoms with Crippen molar-refractivity contribution in [1.29, 1.82) is 0 Å². The van der Waals surface area contributed by atoms with Crippen LogP contribution in [0.5, 0.6) is 0 Å². The molecule has 2 nitrogen and oxygen atoms in total. The molecule has 0 aromatic rings. The summed E-state index contributed by atoms with van der Waals surface area (Å²) in [7, 11) is 1.50. The van der Waals surface area contributed by atoms with Crippen LogP contribution in [0.15, 0.2) is 0 Å². The van der Waals surface area contributed by atoms with E-state index in [1.807, 2.05) is 0 Å². The Morgan fingerprint density at radius 1 is 1.15 bits per heavy atom. The first-order chi connectivity index (χ1) is 6.35. The van der Waals surface area contributed by atoms with Gasteiger partial charge in [-0.1, -0.05) is 39.5 Å². The first-order valence-electron chi connectivity index (χ1n) is 5.36. The predicted molar refractivity (Wildman–Crippen MR) is 58.7 cm³/mol. The van der Waals surface area contributed by atoms with E-state index in [1.165, 1.54) is 32.7 Å². The van der Waals surface area contributed by atoms with E-state index in [-0.39, 0.29) is 0 Å². The number of carbonyl (C=O) groups excluding carboxylic acids is 1. The fraction of sp³-hybridized carbons (Fsp3) is 0.909. The standard InChI is InChI=1S/C10H20O.CH5N/c1-3-10(4-2)8-6-5-7-9-11;1-2/h9-10H,3-8H2,1-2H3;2H2,1H3. The molecule has 0 heterocycles. The van der Waals surface area contributed by atoms with E-state index >= 15 is 0 Å². The second-order valence-corrected chi connectivity index (χ2v) is 3.13. The molecule has 0 unspecified atom stereocenters. The van der Waals surface area contributed by atoms with Gasteiger partial charge < -0.3 is 10.5 Å². The number of hydrogen-bond donors (Lipinski definition) is 1. The second-order valence-electron chi connectivity index (χ2n) is 3.13. The maximum absolute atomic E-state index is 9.99. The molecule has 2 N–H and O–H groups in total. The predicted octanol–water partition coefficient (Wildman–Crippen LogP) is 2.76. The second kappa shape index (κ2) is 14.2. The SMILES string of the molecule is CCC(CC)CCCCC=O.CN. The van der Waals surface area contributed by atoms with Gasteiger partial charge in [-0.3, -0.25) is 0 Å². The van der Waals surface area contributed by atoms with Gasteiger partial charge >= 0.3 is 0 Å². The van der Waals surface area contributed by atoms with Crippen LogP contribution in [0.25, 0.3) is 0 Å². The van der Waals surface area contributed by atoms with Gasteiger partial charge in [0.05, 0.1) is 0 Å². The summed E-state index contributed by atoms with van der Waals surface area (Å²) in [6, 6.07) is 0.